The van der Waals surface area contributed by atoms with Gasteiger partial charge in [0.25, 0.3) is 0 Å². The first-order chi connectivity index (χ1) is 7.78. The fourth-order valence-corrected chi connectivity index (χ4v) is 4.22. The quantitative estimate of drug-likeness (QED) is 0.616. The van der Waals surface area contributed by atoms with Gasteiger partial charge in [0, 0.05) is 12.8 Å². The third kappa shape index (κ3) is 1.88. The summed E-state index contributed by atoms with van der Waals surface area (Å²) in [6.07, 6.45) is 5.23. The second-order valence-corrected chi connectivity index (χ2v) is 7.08. The number of ketones is 1. The van der Waals surface area contributed by atoms with Crippen molar-refractivity contribution >= 4 is 5.78 Å². The Labute approximate surface area is 106 Å². The molecule has 2 fully saturated rings. The van der Waals surface area contributed by atoms with Crippen molar-refractivity contribution in [2.45, 2.75) is 59.8 Å². The summed E-state index contributed by atoms with van der Waals surface area (Å²) in [6, 6.07) is 0. The average molecular weight is 234 g/mol. The molecule has 0 aromatic heterocycles. The van der Waals surface area contributed by atoms with Gasteiger partial charge in [-0.3, -0.25) is 4.79 Å². The van der Waals surface area contributed by atoms with Gasteiger partial charge in [-0.1, -0.05) is 32.9 Å². The number of hydrogen-bond donors (Lipinski definition) is 0. The molecule has 0 saturated heterocycles. The molecule has 0 aromatic rings. The molecule has 2 aliphatic carbocycles. The lowest BCUT2D eigenvalue weighted by atomic mass is 9.46. The summed E-state index contributed by atoms with van der Waals surface area (Å²) < 4.78 is 0. The number of fused-ring (bicyclic) bond motifs is 1. The van der Waals surface area contributed by atoms with Crippen molar-refractivity contribution in [3.05, 3.63) is 12.2 Å². The summed E-state index contributed by atoms with van der Waals surface area (Å²) >= 11 is 0. The van der Waals surface area contributed by atoms with E-state index in [1.807, 2.05) is 0 Å². The van der Waals surface area contributed by atoms with Gasteiger partial charge in [0.1, 0.15) is 5.78 Å². The molecule has 0 amide bonds. The standard InChI is InChI=1S/C16H26O/c1-11(2)13-6-7-15(4)10-14(17)8-12(3)16(15,5)9-13/h12-13H,1,6-10H2,2-5H3/t12-,13-,15?,16+/m1/s1. The highest BCUT2D eigenvalue weighted by Gasteiger charge is 2.55. The van der Waals surface area contributed by atoms with Crippen LogP contribution in [0.15, 0.2) is 12.2 Å². The van der Waals surface area contributed by atoms with Crippen LogP contribution in [0.5, 0.6) is 0 Å². The van der Waals surface area contributed by atoms with E-state index in [0.717, 1.165) is 12.8 Å². The zero-order chi connectivity index (χ0) is 12.8. The normalized spacial score (nSPS) is 46.5. The number of carbonyl (C=O) groups is 1. The molecule has 0 spiro atoms. The van der Waals surface area contributed by atoms with E-state index in [0.29, 0.717) is 23.0 Å². The van der Waals surface area contributed by atoms with Crippen LogP contribution >= 0.6 is 0 Å². The van der Waals surface area contributed by atoms with Gasteiger partial charge >= 0.3 is 0 Å². The maximum absolute atomic E-state index is 11.9. The number of Topliss-reactive ketones (excluding diaryl/α,β-unsaturated/α-hetero) is 1. The molecule has 96 valence electrons. The summed E-state index contributed by atoms with van der Waals surface area (Å²) in [6.45, 7) is 13.3. The highest BCUT2D eigenvalue weighted by Crippen LogP contribution is 2.61. The highest BCUT2D eigenvalue weighted by molar-refractivity contribution is 5.80. The predicted octanol–water partition coefficient (Wildman–Crippen LogP) is 4.37. The summed E-state index contributed by atoms with van der Waals surface area (Å²) in [4.78, 5) is 11.9. The molecule has 17 heavy (non-hydrogen) atoms. The molecule has 0 aromatic carbocycles. The Morgan fingerprint density at radius 2 is 2.06 bits per heavy atom. The van der Waals surface area contributed by atoms with Crippen molar-refractivity contribution in [1.82, 2.24) is 0 Å². The molecule has 0 N–H and O–H groups in total. The van der Waals surface area contributed by atoms with Gasteiger partial charge in [-0.05, 0) is 48.9 Å². The summed E-state index contributed by atoms with van der Waals surface area (Å²) in [5.74, 6) is 1.67. The first-order valence-corrected chi connectivity index (χ1v) is 6.95. The van der Waals surface area contributed by atoms with Crippen molar-refractivity contribution in [2.75, 3.05) is 0 Å². The number of rotatable bonds is 1. The Morgan fingerprint density at radius 3 is 2.65 bits per heavy atom. The molecule has 0 aliphatic heterocycles. The first kappa shape index (κ1) is 12.9. The van der Waals surface area contributed by atoms with Crippen molar-refractivity contribution in [3.8, 4) is 0 Å². The van der Waals surface area contributed by atoms with Crippen LogP contribution in [0.3, 0.4) is 0 Å². The van der Waals surface area contributed by atoms with Crippen LogP contribution in [-0.2, 0) is 4.79 Å². The van der Waals surface area contributed by atoms with Crippen LogP contribution in [-0.4, -0.2) is 5.78 Å². The first-order valence-electron chi connectivity index (χ1n) is 6.95. The Balaban J connectivity index is 2.30. The third-order valence-corrected chi connectivity index (χ3v) is 6.00. The van der Waals surface area contributed by atoms with E-state index < -0.39 is 0 Å². The van der Waals surface area contributed by atoms with Crippen LogP contribution in [0.4, 0.5) is 0 Å². The van der Waals surface area contributed by atoms with E-state index in [1.165, 1.54) is 24.8 Å². The van der Waals surface area contributed by atoms with E-state index in [1.54, 1.807) is 0 Å². The number of hydrogen-bond acceptors (Lipinski definition) is 1. The monoisotopic (exact) mass is 234 g/mol. The van der Waals surface area contributed by atoms with Crippen LogP contribution in [0, 0.1) is 22.7 Å². The van der Waals surface area contributed by atoms with Crippen LogP contribution in [0.2, 0.25) is 0 Å². The Hall–Kier alpha value is -0.590. The second-order valence-electron chi connectivity index (χ2n) is 7.08. The van der Waals surface area contributed by atoms with Gasteiger partial charge in [-0.2, -0.15) is 0 Å². The minimum absolute atomic E-state index is 0.230. The predicted molar refractivity (Wildman–Crippen MR) is 71.8 cm³/mol. The number of carbonyl (C=O) groups excluding carboxylic acids is 1. The molecule has 1 heteroatoms. The lowest BCUT2D eigenvalue weighted by molar-refractivity contribution is -0.141. The van der Waals surface area contributed by atoms with Crippen LogP contribution in [0.1, 0.15) is 59.8 Å². The molecular weight excluding hydrogens is 208 g/mol. The van der Waals surface area contributed by atoms with Gasteiger partial charge in [0.05, 0.1) is 0 Å². The van der Waals surface area contributed by atoms with Gasteiger partial charge in [-0.25, -0.2) is 0 Å². The third-order valence-electron chi connectivity index (χ3n) is 6.00. The van der Waals surface area contributed by atoms with Gasteiger partial charge in [-0.15, -0.1) is 0 Å². The van der Waals surface area contributed by atoms with Gasteiger partial charge in [0.15, 0.2) is 0 Å². The van der Waals surface area contributed by atoms with Crippen molar-refractivity contribution < 1.29 is 4.79 Å². The number of allylic oxidation sites excluding steroid dienone is 1. The Kier molecular flexibility index (Phi) is 3.00. The SMILES string of the molecule is C=C(C)[C@@H]1CCC2(C)CC(=O)C[C@@H](C)[C@]2(C)C1. The van der Waals surface area contributed by atoms with E-state index in [4.69, 9.17) is 0 Å². The van der Waals surface area contributed by atoms with Gasteiger partial charge in [0.2, 0.25) is 0 Å². The Bertz CT molecular complexity index is 357. The maximum atomic E-state index is 11.9. The summed E-state index contributed by atoms with van der Waals surface area (Å²) in [7, 11) is 0. The lowest BCUT2D eigenvalue weighted by Gasteiger charge is -2.58. The van der Waals surface area contributed by atoms with Crippen molar-refractivity contribution in [2.24, 2.45) is 22.7 Å². The zero-order valence-corrected chi connectivity index (χ0v) is 11.8. The zero-order valence-electron chi connectivity index (χ0n) is 11.8. The van der Waals surface area contributed by atoms with E-state index in [-0.39, 0.29) is 5.41 Å². The van der Waals surface area contributed by atoms with E-state index in [2.05, 4.69) is 34.3 Å². The van der Waals surface area contributed by atoms with Gasteiger partial charge < -0.3 is 0 Å². The van der Waals surface area contributed by atoms with Crippen molar-refractivity contribution in [3.63, 3.8) is 0 Å². The van der Waals surface area contributed by atoms with E-state index >= 15 is 0 Å². The topological polar surface area (TPSA) is 17.1 Å². The molecule has 1 nitrogen and oxygen atoms in total. The average Bonchev–Trinajstić information content (AvgIpc) is 2.20. The molecule has 0 heterocycles. The van der Waals surface area contributed by atoms with Crippen LogP contribution < -0.4 is 0 Å². The molecule has 2 saturated carbocycles. The summed E-state index contributed by atoms with van der Waals surface area (Å²) in [5, 5.41) is 0. The smallest absolute Gasteiger partial charge is 0.133 e. The van der Waals surface area contributed by atoms with E-state index in [9.17, 15) is 4.79 Å². The summed E-state index contributed by atoms with van der Waals surface area (Å²) in [5.41, 5.74) is 1.88. The molecule has 4 atom stereocenters. The molecule has 2 rings (SSSR count). The lowest BCUT2D eigenvalue weighted by Crippen LogP contribution is -2.52. The van der Waals surface area contributed by atoms with Crippen molar-refractivity contribution in [1.29, 1.82) is 0 Å². The largest absolute Gasteiger partial charge is 0.300 e. The fourth-order valence-electron chi connectivity index (χ4n) is 4.22. The molecule has 0 bridgehead atoms. The molecule has 0 radical (unpaired) electrons. The molecular formula is C16H26O. The fraction of sp³-hybridized carbons (Fsp3) is 0.812. The van der Waals surface area contributed by atoms with Crippen LogP contribution in [0.25, 0.3) is 0 Å². The maximum Gasteiger partial charge on any atom is 0.133 e. The second kappa shape index (κ2) is 3.96. The minimum Gasteiger partial charge on any atom is -0.300 e. The molecule has 2 aliphatic rings. The Morgan fingerprint density at radius 1 is 1.41 bits per heavy atom. The highest BCUT2D eigenvalue weighted by atomic mass is 16.1. The molecule has 1 unspecified atom stereocenters. The minimum atomic E-state index is 0.230.